The highest BCUT2D eigenvalue weighted by molar-refractivity contribution is 5.69. The van der Waals surface area contributed by atoms with E-state index in [2.05, 4.69) is 64.9 Å². The van der Waals surface area contributed by atoms with Crippen LogP contribution in [0, 0.1) is 0 Å². The van der Waals surface area contributed by atoms with Crippen LogP contribution >= 0.6 is 0 Å². The first kappa shape index (κ1) is 25.9. The number of rotatable bonds is 8. The first-order chi connectivity index (χ1) is 17.4. The van der Waals surface area contributed by atoms with Gasteiger partial charge in [-0.3, -0.25) is 4.98 Å². The van der Waals surface area contributed by atoms with Gasteiger partial charge >= 0.3 is 6.09 Å². The highest BCUT2D eigenvalue weighted by Gasteiger charge is 2.29. The minimum absolute atomic E-state index is 0.203. The van der Waals surface area contributed by atoms with E-state index in [9.17, 15) is 4.79 Å². The average molecular weight is 486 g/mol. The molecule has 1 aliphatic rings. The number of aromatic nitrogens is 1. The lowest BCUT2D eigenvalue weighted by atomic mass is 9.94. The molecule has 0 unspecified atom stereocenters. The highest BCUT2D eigenvalue weighted by atomic mass is 16.6. The molecule has 5 heteroatoms. The molecule has 1 aliphatic carbocycles. The first-order valence-corrected chi connectivity index (χ1v) is 13.1. The normalized spacial score (nSPS) is 14.4. The predicted octanol–water partition coefficient (Wildman–Crippen LogP) is 7.11. The number of nitrogens with zero attached hydrogens (tertiary/aromatic N) is 2. The molecule has 36 heavy (non-hydrogen) atoms. The molecule has 1 amide bonds. The van der Waals surface area contributed by atoms with Gasteiger partial charge < -0.3 is 15.0 Å². The molecule has 2 aromatic carbocycles. The lowest BCUT2D eigenvalue weighted by molar-refractivity contribution is 0.00988. The minimum Gasteiger partial charge on any atom is -0.444 e. The van der Waals surface area contributed by atoms with Gasteiger partial charge in [0.1, 0.15) is 5.60 Å². The summed E-state index contributed by atoms with van der Waals surface area (Å²) < 4.78 is 5.76. The largest absolute Gasteiger partial charge is 0.444 e. The molecule has 4 rings (SSSR count). The lowest BCUT2D eigenvalue weighted by Crippen LogP contribution is -2.43. The maximum absolute atomic E-state index is 13.0. The summed E-state index contributed by atoms with van der Waals surface area (Å²) in [7, 11) is 0. The molecule has 1 N–H and O–H groups in total. The average Bonchev–Trinajstić information content (AvgIpc) is 2.88. The quantitative estimate of drug-likeness (QED) is 0.369. The summed E-state index contributed by atoms with van der Waals surface area (Å²) in [6.45, 7) is 8.00. The third-order valence-corrected chi connectivity index (χ3v) is 6.62. The van der Waals surface area contributed by atoms with Crippen LogP contribution in [0.5, 0.6) is 0 Å². The molecule has 1 aromatic heterocycles. The van der Waals surface area contributed by atoms with Crippen LogP contribution in [0.1, 0.15) is 69.6 Å². The van der Waals surface area contributed by atoms with E-state index in [0.717, 1.165) is 31.5 Å². The van der Waals surface area contributed by atoms with E-state index >= 15 is 0 Å². The Labute approximate surface area is 215 Å². The first-order valence-electron chi connectivity index (χ1n) is 13.1. The summed E-state index contributed by atoms with van der Waals surface area (Å²) in [5.41, 5.74) is 5.44. The number of hydrogen-bond donors (Lipinski definition) is 1. The Balaban J connectivity index is 1.37. The Morgan fingerprint density at radius 2 is 1.50 bits per heavy atom. The summed E-state index contributed by atoms with van der Waals surface area (Å²) in [6.07, 6.45) is 9.21. The molecule has 1 fully saturated rings. The van der Waals surface area contributed by atoms with Gasteiger partial charge in [-0.15, -0.1) is 0 Å². The number of hydrogen-bond acceptors (Lipinski definition) is 4. The number of benzene rings is 2. The molecule has 1 heterocycles. The minimum atomic E-state index is -0.492. The zero-order valence-corrected chi connectivity index (χ0v) is 21.9. The van der Waals surface area contributed by atoms with Gasteiger partial charge in [0.25, 0.3) is 0 Å². The number of ether oxygens (including phenoxy) is 1. The molecule has 1 saturated carbocycles. The van der Waals surface area contributed by atoms with Crippen molar-refractivity contribution in [3.05, 3.63) is 89.7 Å². The van der Waals surface area contributed by atoms with Crippen molar-refractivity contribution in [3.63, 3.8) is 0 Å². The summed E-state index contributed by atoms with van der Waals surface area (Å²) in [4.78, 5) is 19.1. The monoisotopic (exact) mass is 485 g/mol. The molecule has 190 valence electrons. The number of nitrogens with one attached hydrogen (secondary N) is 1. The van der Waals surface area contributed by atoms with Crippen LogP contribution in [0.3, 0.4) is 0 Å². The Bertz CT molecular complexity index is 1080. The molecule has 5 nitrogen and oxygen atoms in total. The van der Waals surface area contributed by atoms with Crippen LogP contribution in [0.2, 0.25) is 0 Å². The van der Waals surface area contributed by atoms with Crippen molar-refractivity contribution in [1.82, 2.24) is 15.2 Å². The number of pyridine rings is 1. The van der Waals surface area contributed by atoms with Gasteiger partial charge in [-0.05, 0) is 67.5 Å². The van der Waals surface area contributed by atoms with Gasteiger partial charge in [-0.1, -0.05) is 73.9 Å². The second kappa shape index (κ2) is 12.2. The van der Waals surface area contributed by atoms with Gasteiger partial charge in [0.2, 0.25) is 0 Å². The second-order valence-corrected chi connectivity index (χ2v) is 10.8. The van der Waals surface area contributed by atoms with Crippen molar-refractivity contribution >= 4 is 6.09 Å². The Kier molecular flexibility index (Phi) is 8.76. The van der Waals surface area contributed by atoms with Gasteiger partial charge in [0, 0.05) is 38.1 Å². The topological polar surface area (TPSA) is 54.5 Å². The van der Waals surface area contributed by atoms with Crippen LogP contribution in [0.25, 0.3) is 11.1 Å². The van der Waals surface area contributed by atoms with Crippen LogP contribution in [-0.4, -0.2) is 27.6 Å². The fourth-order valence-corrected chi connectivity index (χ4v) is 4.72. The van der Waals surface area contributed by atoms with Crippen molar-refractivity contribution in [2.24, 2.45) is 0 Å². The summed E-state index contributed by atoms with van der Waals surface area (Å²) in [5, 5.41) is 3.47. The molecule has 0 aliphatic heterocycles. The molecule has 0 saturated heterocycles. The van der Waals surface area contributed by atoms with Crippen LogP contribution < -0.4 is 5.32 Å². The molecule has 0 atom stereocenters. The van der Waals surface area contributed by atoms with E-state index in [1.165, 1.54) is 41.5 Å². The van der Waals surface area contributed by atoms with Gasteiger partial charge in [0.15, 0.2) is 0 Å². The number of carbonyl (C=O) groups is 1. The highest BCUT2D eigenvalue weighted by Crippen LogP contribution is 2.27. The van der Waals surface area contributed by atoms with E-state index in [-0.39, 0.29) is 12.1 Å². The molecule has 0 spiro atoms. The Hall–Kier alpha value is -3.18. The standard InChI is InChI=1S/C31H39N3O2/c1-31(2,3)36-30(35)34(29-9-5-4-6-10-29)23-25-13-17-28(18-14-25)27-15-11-24(12-16-27)20-33-22-26-8-7-19-32-21-26/h7-8,11-19,21,29,33H,4-6,9-10,20,22-23H2,1-3H3. The van der Waals surface area contributed by atoms with E-state index in [1.54, 1.807) is 6.20 Å². The second-order valence-electron chi connectivity index (χ2n) is 10.8. The lowest BCUT2D eigenvalue weighted by Gasteiger charge is -2.35. The van der Waals surface area contributed by atoms with Gasteiger partial charge in [-0.25, -0.2) is 4.79 Å². The van der Waals surface area contributed by atoms with E-state index < -0.39 is 5.60 Å². The summed E-state index contributed by atoms with van der Waals surface area (Å²) in [5.74, 6) is 0. The molecular formula is C31H39N3O2. The van der Waals surface area contributed by atoms with Gasteiger partial charge in [-0.2, -0.15) is 0 Å². The van der Waals surface area contributed by atoms with Crippen molar-refractivity contribution in [2.75, 3.05) is 0 Å². The molecule has 3 aromatic rings. The summed E-state index contributed by atoms with van der Waals surface area (Å²) >= 11 is 0. The van der Waals surface area contributed by atoms with Crippen LogP contribution in [-0.2, 0) is 24.4 Å². The van der Waals surface area contributed by atoms with E-state index in [4.69, 9.17) is 4.74 Å². The third kappa shape index (κ3) is 7.66. The van der Waals surface area contributed by atoms with Crippen molar-refractivity contribution in [1.29, 1.82) is 0 Å². The van der Waals surface area contributed by atoms with Crippen LogP contribution in [0.4, 0.5) is 4.79 Å². The maximum Gasteiger partial charge on any atom is 0.410 e. The fourth-order valence-electron chi connectivity index (χ4n) is 4.72. The molecular weight excluding hydrogens is 446 g/mol. The van der Waals surface area contributed by atoms with E-state index in [1.807, 2.05) is 37.9 Å². The number of carbonyl (C=O) groups excluding carboxylic acids is 1. The fraction of sp³-hybridized carbons (Fsp3) is 0.419. The van der Waals surface area contributed by atoms with Gasteiger partial charge in [0.05, 0.1) is 0 Å². The third-order valence-electron chi connectivity index (χ3n) is 6.62. The van der Waals surface area contributed by atoms with Crippen molar-refractivity contribution in [3.8, 4) is 11.1 Å². The van der Waals surface area contributed by atoms with Crippen LogP contribution in [0.15, 0.2) is 73.1 Å². The molecule has 0 radical (unpaired) electrons. The van der Waals surface area contributed by atoms with E-state index in [0.29, 0.717) is 6.54 Å². The predicted molar refractivity (Wildman–Crippen MR) is 145 cm³/mol. The van der Waals surface area contributed by atoms with Crippen molar-refractivity contribution < 1.29 is 9.53 Å². The number of amides is 1. The SMILES string of the molecule is CC(C)(C)OC(=O)N(Cc1ccc(-c2ccc(CNCc3cccnc3)cc2)cc1)C1CCCCC1. The maximum atomic E-state index is 13.0. The summed E-state index contributed by atoms with van der Waals surface area (Å²) in [6, 6.07) is 21.6. The smallest absolute Gasteiger partial charge is 0.410 e. The molecule has 0 bridgehead atoms. The Morgan fingerprint density at radius 3 is 2.08 bits per heavy atom. The zero-order chi connectivity index (χ0) is 25.4. The Morgan fingerprint density at radius 1 is 0.889 bits per heavy atom. The van der Waals surface area contributed by atoms with Crippen molar-refractivity contribution in [2.45, 2.75) is 84.2 Å². The zero-order valence-electron chi connectivity index (χ0n) is 21.9.